The third-order valence-electron chi connectivity index (χ3n) is 6.61. The molecular formula is C26H28ClN5O2. The van der Waals surface area contributed by atoms with Crippen molar-refractivity contribution in [3.05, 3.63) is 64.9 Å². The van der Waals surface area contributed by atoms with Crippen LogP contribution in [0.25, 0.3) is 22.2 Å². The van der Waals surface area contributed by atoms with E-state index in [2.05, 4.69) is 22.3 Å². The predicted octanol–water partition coefficient (Wildman–Crippen LogP) is 5.54. The number of fused-ring (bicyclic) bond motifs is 1. The molecule has 1 amide bonds. The molecule has 176 valence electrons. The Labute approximate surface area is 203 Å². The van der Waals surface area contributed by atoms with Gasteiger partial charge in [-0.05, 0) is 49.4 Å². The van der Waals surface area contributed by atoms with Crippen LogP contribution in [0.2, 0.25) is 5.02 Å². The predicted molar refractivity (Wildman–Crippen MR) is 134 cm³/mol. The van der Waals surface area contributed by atoms with E-state index in [4.69, 9.17) is 16.0 Å². The summed E-state index contributed by atoms with van der Waals surface area (Å²) in [7, 11) is 1.88. The number of nitrogens with one attached hydrogen (secondary N) is 1. The highest BCUT2D eigenvalue weighted by Gasteiger charge is 2.33. The van der Waals surface area contributed by atoms with Crippen molar-refractivity contribution in [3.8, 4) is 11.1 Å². The molecule has 3 heterocycles. The van der Waals surface area contributed by atoms with Crippen LogP contribution in [0.4, 0.5) is 6.01 Å². The largest absolute Gasteiger partial charge is 0.424 e. The molecule has 34 heavy (non-hydrogen) atoms. The first-order chi connectivity index (χ1) is 16.4. The molecule has 1 aliphatic heterocycles. The van der Waals surface area contributed by atoms with Gasteiger partial charge in [0.25, 0.3) is 11.9 Å². The van der Waals surface area contributed by atoms with Crippen LogP contribution in [0.5, 0.6) is 0 Å². The van der Waals surface area contributed by atoms with Crippen molar-refractivity contribution in [2.24, 2.45) is 13.0 Å². The summed E-state index contributed by atoms with van der Waals surface area (Å²) in [4.78, 5) is 20.4. The smallest absolute Gasteiger partial charge is 0.295 e. The van der Waals surface area contributed by atoms with Crippen molar-refractivity contribution >= 4 is 34.6 Å². The maximum Gasteiger partial charge on any atom is 0.295 e. The summed E-state index contributed by atoms with van der Waals surface area (Å²) in [5.74, 6) is 0.390. The fourth-order valence-electron chi connectivity index (χ4n) is 4.78. The minimum atomic E-state index is 0.0158. The Balaban J connectivity index is 1.41. The molecule has 2 aromatic heterocycles. The first-order valence-corrected chi connectivity index (χ1v) is 12.0. The number of amides is 1. The molecule has 4 aromatic rings. The number of oxazole rings is 1. The molecule has 0 bridgehead atoms. The Morgan fingerprint density at radius 2 is 2.12 bits per heavy atom. The second kappa shape index (κ2) is 9.14. The molecule has 0 saturated carbocycles. The number of benzene rings is 2. The third kappa shape index (κ3) is 4.40. The van der Waals surface area contributed by atoms with Crippen LogP contribution in [0.3, 0.4) is 0 Å². The summed E-state index contributed by atoms with van der Waals surface area (Å²) in [6.45, 7) is 5.50. The number of aryl methyl sites for hydroxylation is 2. The van der Waals surface area contributed by atoms with Crippen molar-refractivity contribution in [3.63, 3.8) is 0 Å². The van der Waals surface area contributed by atoms with E-state index in [1.807, 2.05) is 49.3 Å². The number of anilines is 1. The fraction of sp³-hybridized carbons (Fsp3) is 0.346. The molecule has 2 aromatic carbocycles. The van der Waals surface area contributed by atoms with Crippen molar-refractivity contribution in [2.45, 2.75) is 32.7 Å². The van der Waals surface area contributed by atoms with E-state index in [-0.39, 0.29) is 11.9 Å². The highest BCUT2D eigenvalue weighted by molar-refractivity contribution is 6.31. The van der Waals surface area contributed by atoms with Gasteiger partial charge in [0.1, 0.15) is 5.52 Å². The molecule has 7 nitrogen and oxygen atoms in total. The number of halogens is 1. The second-order valence-corrected chi connectivity index (χ2v) is 9.59. The number of hydrogen-bond donors (Lipinski definition) is 1. The summed E-state index contributed by atoms with van der Waals surface area (Å²) in [6.07, 6.45) is 5.80. The van der Waals surface area contributed by atoms with Crippen LogP contribution in [0, 0.1) is 12.8 Å². The van der Waals surface area contributed by atoms with Crippen molar-refractivity contribution in [1.29, 1.82) is 0 Å². The molecule has 0 spiro atoms. The number of piperidine rings is 1. The normalized spacial score (nSPS) is 18.4. The average Bonchev–Trinajstić information content (AvgIpc) is 3.43. The van der Waals surface area contributed by atoms with E-state index in [0.717, 1.165) is 41.6 Å². The minimum Gasteiger partial charge on any atom is -0.424 e. The summed E-state index contributed by atoms with van der Waals surface area (Å²) in [5, 5.41) is 8.23. The van der Waals surface area contributed by atoms with Crippen LogP contribution in [0.15, 0.2) is 53.2 Å². The maximum absolute atomic E-state index is 13.9. The number of aromatic nitrogens is 3. The van der Waals surface area contributed by atoms with Crippen LogP contribution >= 0.6 is 11.6 Å². The molecule has 1 saturated heterocycles. The zero-order valence-corrected chi connectivity index (χ0v) is 20.3. The van der Waals surface area contributed by atoms with Crippen LogP contribution < -0.4 is 5.32 Å². The van der Waals surface area contributed by atoms with Gasteiger partial charge in [0.05, 0.1) is 12.2 Å². The van der Waals surface area contributed by atoms with Gasteiger partial charge >= 0.3 is 0 Å². The van der Waals surface area contributed by atoms with E-state index < -0.39 is 0 Å². The summed E-state index contributed by atoms with van der Waals surface area (Å²) >= 11 is 6.07. The summed E-state index contributed by atoms with van der Waals surface area (Å²) in [5.41, 5.74) is 5.00. The topological polar surface area (TPSA) is 76.2 Å². The lowest BCUT2D eigenvalue weighted by atomic mass is 9.89. The van der Waals surface area contributed by atoms with Gasteiger partial charge in [0.15, 0.2) is 5.58 Å². The standard InChI is InChI=1S/C26H28ClN5O2/c1-16-6-8-20(18-13-29-31(3)15-18)21(11-16)25(33)32-10-4-5-17(2)23(32)14-28-26-30-22-9-7-19(27)12-24(22)34-26/h6-9,11-13,15,17,23H,4-5,10,14H2,1-3H3,(H,28,30)/t17-,23-/m1/s1. The van der Waals surface area contributed by atoms with Crippen LogP contribution in [-0.2, 0) is 7.05 Å². The van der Waals surface area contributed by atoms with Gasteiger partial charge in [-0.3, -0.25) is 9.48 Å². The highest BCUT2D eigenvalue weighted by atomic mass is 35.5. The van der Waals surface area contributed by atoms with Gasteiger partial charge < -0.3 is 14.6 Å². The molecule has 1 aliphatic rings. The molecule has 0 radical (unpaired) electrons. The van der Waals surface area contributed by atoms with E-state index in [0.29, 0.717) is 34.6 Å². The van der Waals surface area contributed by atoms with Gasteiger partial charge in [-0.1, -0.05) is 36.2 Å². The van der Waals surface area contributed by atoms with Gasteiger partial charge in [-0.2, -0.15) is 10.1 Å². The van der Waals surface area contributed by atoms with E-state index >= 15 is 0 Å². The molecule has 0 aliphatic carbocycles. The van der Waals surface area contributed by atoms with Crippen molar-refractivity contribution in [2.75, 3.05) is 18.4 Å². The lowest BCUT2D eigenvalue weighted by molar-refractivity contribution is 0.0540. The molecule has 2 atom stereocenters. The Kier molecular flexibility index (Phi) is 6.04. The second-order valence-electron chi connectivity index (χ2n) is 9.15. The average molecular weight is 478 g/mol. The monoisotopic (exact) mass is 477 g/mol. The number of carbonyl (C=O) groups excluding carboxylic acids is 1. The first-order valence-electron chi connectivity index (χ1n) is 11.6. The quantitative estimate of drug-likeness (QED) is 0.408. The molecule has 8 heteroatoms. The minimum absolute atomic E-state index is 0.0158. The first kappa shape index (κ1) is 22.5. The van der Waals surface area contributed by atoms with Crippen LogP contribution in [0.1, 0.15) is 35.7 Å². The zero-order chi connectivity index (χ0) is 23.8. The molecule has 5 rings (SSSR count). The molecule has 1 fully saturated rings. The highest BCUT2D eigenvalue weighted by Crippen LogP contribution is 2.30. The fourth-order valence-corrected chi connectivity index (χ4v) is 4.94. The van der Waals surface area contributed by atoms with E-state index in [9.17, 15) is 4.79 Å². The Morgan fingerprint density at radius 1 is 1.26 bits per heavy atom. The van der Waals surface area contributed by atoms with Crippen molar-refractivity contribution in [1.82, 2.24) is 19.7 Å². The number of likely N-dealkylation sites (tertiary alicyclic amines) is 1. The number of carbonyl (C=O) groups is 1. The number of nitrogens with zero attached hydrogens (tertiary/aromatic N) is 4. The number of hydrogen-bond acceptors (Lipinski definition) is 5. The van der Waals surface area contributed by atoms with Crippen molar-refractivity contribution < 1.29 is 9.21 Å². The summed E-state index contributed by atoms with van der Waals surface area (Å²) < 4.78 is 7.59. The molecular weight excluding hydrogens is 450 g/mol. The Hall–Kier alpha value is -3.32. The Bertz CT molecular complexity index is 1340. The van der Waals surface area contributed by atoms with Gasteiger partial charge in [0, 0.05) is 48.5 Å². The molecule has 1 N–H and O–H groups in total. The third-order valence-corrected chi connectivity index (χ3v) is 6.85. The zero-order valence-electron chi connectivity index (χ0n) is 19.6. The van der Waals surface area contributed by atoms with Gasteiger partial charge in [-0.15, -0.1) is 0 Å². The Morgan fingerprint density at radius 3 is 2.91 bits per heavy atom. The van der Waals surface area contributed by atoms with Crippen LogP contribution in [-0.4, -0.2) is 44.7 Å². The van der Waals surface area contributed by atoms with E-state index in [1.165, 1.54) is 0 Å². The molecule has 0 unspecified atom stereocenters. The van der Waals surface area contributed by atoms with Gasteiger partial charge in [-0.25, -0.2) is 0 Å². The lowest BCUT2D eigenvalue weighted by Gasteiger charge is -2.40. The lowest BCUT2D eigenvalue weighted by Crippen LogP contribution is -2.51. The summed E-state index contributed by atoms with van der Waals surface area (Å²) in [6, 6.07) is 11.9. The maximum atomic E-state index is 13.9. The number of rotatable bonds is 5. The van der Waals surface area contributed by atoms with E-state index in [1.54, 1.807) is 23.0 Å². The van der Waals surface area contributed by atoms with Gasteiger partial charge in [0.2, 0.25) is 0 Å². The SMILES string of the molecule is Cc1ccc(-c2cnn(C)c2)c(C(=O)N2CCC[C@@H](C)[C@H]2CNc2nc3ccc(Cl)cc3o2)c1.